The summed E-state index contributed by atoms with van der Waals surface area (Å²) in [5.74, 6) is -0.150. The molecule has 0 unspecified atom stereocenters. The Bertz CT molecular complexity index is 1020. The minimum absolute atomic E-state index is 0.0908. The number of carbonyl (C=O) groups is 1. The van der Waals surface area contributed by atoms with Gasteiger partial charge >= 0.3 is 0 Å². The third kappa shape index (κ3) is 2.66. The van der Waals surface area contributed by atoms with Gasteiger partial charge in [0.25, 0.3) is 11.5 Å². The SMILES string of the molecule is CN1C(=O)C(=Cc2c(N3CCCC3)c3ccccc3n(C)c2=O)SC1=S. The first-order chi connectivity index (χ1) is 12.5. The number of anilines is 1. The van der Waals surface area contributed by atoms with E-state index in [1.54, 1.807) is 24.7 Å². The average Bonchev–Trinajstić information content (AvgIpc) is 3.25. The zero-order valence-corrected chi connectivity index (χ0v) is 16.3. The summed E-state index contributed by atoms with van der Waals surface area (Å²) in [5, 5.41) is 1.04. The van der Waals surface area contributed by atoms with Gasteiger partial charge in [-0.05, 0) is 25.0 Å². The maximum atomic E-state index is 13.1. The number of para-hydroxylation sites is 1. The fourth-order valence-corrected chi connectivity index (χ4v) is 4.75. The van der Waals surface area contributed by atoms with Gasteiger partial charge < -0.3 is 9.47 Å². The zero-order chi connectivity index (χ0) is 18.4. The van der Waals surface area contributed by atoms with Crippen LogP contribution in [0.15, 0.2) is 34.0 Å². The number of hydrogen-bond acceptors (Lipinski definition) is 5. The molecule has 1 aromatic carbocycles. The van der Waals surface area contributed by atoms with Crippen LogP contribution in [-0.4, -0.2) is 39.8 Å². The zero-order valence-electron chi connectivity index (χ0n) is 14.7. The quantitative estimate of drug-likeness (QED) is 0.587. The molecule has 2 saturated heterocycles. The summed E-state index contributed by atoms with van der Waals surface area (Å²) in [5.41, 5.74) is 2.32. The highest BCUT2D eigenvalue weighted by atomic mass is 32.2. The van der Waals surface area contributed by atoms with Gasteiger partial charge in [0.2, 0.25) is 0 Å². The molecule has 7 heteroatoms. The second-order valence-corrected chi connectivity index (χ2v) is 8.25. The van der Waals surface area contributed by atoms with Crippen LogP contribution < -0.4 is 10.5 Å². The molecule has 4 rings (SSSR count). The fraction of sp³-hybridized carbons (Fsp3) is 0.316. The summed E-state index contributed by atoms with van der Waals surface area (Å²) in [6.07, 6.45) is 3.95. The molecule has 3 heterocycles. The number of aryl methyl sites for hydroxylation is 1. The van der Waals surface area contributed by atoms with E-state index in [1.807, 2.05) is 24.3 Å². The monoisotopic (exact) mass is 385 g/mol. The first-order valence-electron chi connectivity index (χ1n) is 8.57. The number of carbonyl (C=O) groups excluding carboxylic acids is 1. The van der Waals surface area contributed by atoms with E-state index in [0.717, 1.165) is 42.5 Å². The van der Waals surface area contributed by atoms with Gasteiger partial charge in [-0.15, -0.1) is 0 Å². The summed E-state index contributed by atoms with van der Waals surface area (Å²) in [4.78, 5) is 29.8. The van der Waals surface area contributed by atoms with E-state index in [4.69, 9.17) is 12.2 Å². The van der Waals surface area contributed by atoms with Gasteiger partial charge in [-0.3, -0.25) is 14.5 Å². The van der Waals surface area contributed by atoms with Crippen molar-refractivity contribution >= 4 is 56.9 Å². The number of amides is 1. The molecule has 0 saturated carbocycles. The van der Waals surface area contributed by atoms with Crippen LogP contribution in [0.25, 0.3) is 17.0 Å². The number of nitrogens with zero attached hydrogens (tertiary/aromatic N) is 3. The molecule has 2 fully saturated rings. The molecule has 0 radical (unpaired) electrons. The number of thioether (sulfide) groups is 1. The third-order valence-corrected chi connectivity index (χ3v) is 6.48. The Kier molecular flexibility index (Phi) is 4.36. The van der Waals surface area contributed by atoms with Crippen molar-refractivity contribution in [3.8, 4) is 0 Å². The lowest BCUT2D eigenvalue weighted by atomic mass is 10.1. The second kappa shape index (κ2) is 6.55. The molecule has 0 N–H and O–H groups in total. The van der Waals surface area contributed by atoms with E-state index in [2.05, 4.69) is 4.90 Å². The molecule has 0 atom stereocenters. The minimum atomic E-state index is -0.150. The Morgan fingerprint density at radius 1 is 1.12 bits per heavy atom. The molecular weight excluding hydrogens is 366 g/mol. The van der Waals surface area contributed by atoms with Crippen molar-refractivity contribution in [3.63, 3.8) is 0 Å². The van der Waals surface area contributed by atoms with Gasteiger partial charge in [-0.2, -0.15) is 0 Å². The fourth-order valence-electron chi connectivity index (χ4n) is 3.59. The summed E-state index contributed by atoms with van der Waals surface area (Å²) in [6, 6.07) is 7.94. The summed E-state index contributed by atoms with van der Waals surface area (Å²) >= 11 is 6.47. The topological polar surface area (TPSA) is 45.6 Å². The highest BCUT2D eigenvalue weighted by Gasteiger charge is 2.30. The number of benzene rings is 1. The number of thiocarbonyl (C=S) groups is 1. The Labute approximate surface area is 161 Å². The highest BCUT2D eigenvalue weighted by molar-refractivity contribution is 8.26. The van der Waals surface area contributed by atoms with Crippen LogP contribution in [0.4, 0.5) is 5.69 Å². The van der Waals surface area contributed by atoms with Crippen LogP contribution in [0.3, 0.4) is 0 Å². The van der Waals surface area contributed by atoms with Gasteiger partial charge in [-0.25, -0.2) is 0 Å². The lowest BCUT2D eigenvalue weighted by molar-refractivity contribution is -0.121. The van der Waals surface area contributed by atoms with Gasteiger partial charge in [0, 0.05) is 32.6 Å². The Morgan fingerprint density at radius 2 is 1.81 bits per heavy atom. The van der Waals surface area contributed by atoms with Gasteiger partial charge in [0.05, 0.1) is 21.7 Å². The van der Waals surface area contributed by atoms with Crippen molar-refractivity contribution in [2.45, 2.75) is 12.8 Å². The minimum Gasteiger partial charge on any atom is -0.370 e. The van der Waals surface area contributed by atoms with Gasteiger partial charge in [-0.1, -0.05) is 42.2 Å². The molecule has 0 aliphatic carbocycles. The number of likely N-dealkylation sites (N-methyl/N-ethyl adjacent to an activating group) is 1. The number of rotatable bonds is 2. The molecule has 2 aromatic rings. The molecule has 0 spiro atoms. The summed E-state index contributed by atoms with van der Waals surface area (Å²) in [7, 11) is 3.44. The largest absolute Gasteiger partial charge is 0.370 e. The van der Waals surface area contributed by atoms with Crippen molar-refractivity contribution in [1.29, 1.82) is 0 Å². The van der Waals surface area contributed by atoms with E-state index in [-0.39, 0.29) is 11.5 Å². The van der Waals surface area contributed by atoms with Crippen LogP contribution in [0.1, 0.15) is 18.4 Å². The van der Waals surface area contributed by atoms with Crippen LogP contribution in [0.2, 0.25) is 0 Å². The lowest BCUT2D eigenvalue weighted by Gasteiger charge is -2.23. The first kappa shape index (κ1) is 17.3. The Hall–Kier alpha value is -2.12. The van der Waals surface area contributed by atoms with Crippen LogP contribution in [-0.2, 0) is 11.8 Å². The maximum absolute atomic E-state index is 13.1. The number of pyridine rings is 1. The molecule has 2 aliphatic heterocycles. The van der Waals surface area contributed by atoms with E-state index in [1.165, 1.54) is 16.7 Å². The smallest absolute Gasteiger partial charge is 0.265 e. The van der Waals surface area contributed by atoms with Crippen molar-refractivity contribution in [1.82, 2.24) is 9.47 Å². The predicted molar refractivity (Wildman–Crippen MR) is 112 cm³/mol. The van der Waals surface area contributed by atoms with E-state index in [9.17, 15) is 9.59 Å². The van der Waals surface area contributed by atoms with Gasteiger partial charge in [0.1, 0.15) is 4.32 Å². The molecule has 2 aliphatic rings. The maximum Gasteiger partial charge on any atom is 0.265 e. The molecule has 26 heavy (non-hydrogen) atoms. The second-order valence-electron chi connectivity index (χ2n) is 6.58. The molecule has 1 aromatic heterocycles. The van der Waals surface area contributed by atoms with Crippen LogP contribution in [0, 0.1) is 0 Å². The summed E-state index contributed by atoms with van der Waals surface area (Å²) < 4.78 is 2.18. The average molecular weight is 386 g/mol. The first-order valence-corrected chi connectivity index (χ1v) is 9.79. The third-order valence-electron chi connectivity index (χ3n) is 4.99. The number of fused-ring (bicyclic) bond motifs is 1. The number of aromatic nitrogens is 1. The van der Waals surface area contributed by atoms with E-state index >= 15 is 0 Å². The lowest BCUT2D eigenvalue weighted by Crippen LogP contribution is -2.27. The number of hydrogen-bond donors (Lipinski definition) is 0. The normalized spacial score (nSPS) is 19.4. The highest BCUT2D eigenvalue weighted by Crippen LogP contribution is 2.36. The standard InChI is InChI=1S/C19H19N3O2S2/c1-20-14-8-4-3-7-12(14)16(22-9-5-6-10-22)13(17(20)23)11-15-18(24)21(2)19(25)26-15/h3-4,7-8,11H,5-6,9-10H2,1-2H3. The molecule has 5 nitrogen and oxygen atoms in total. The Morgan fingerprint density at radius 3 is 2.46 bits per heavy atom. The molecule has 134 valence electrons. The van der Waals surface area contributed by atoms with E-state index < -0.39 is 0 Å². The van der Waals surface area contributed by atoms with Crippen LogP contribution in [0.5, 0.6) is 0 Å². The van der Waals surface area contributed by atoms with Crippen molar-refractivity contribution in [2.24, 2.45) is 7.05 Å². The molecule has 1 amide bonds. The van der Waals surface area contributed by atoms with E-state index in [0.29, 0.717) is 14.8 Å². The van der Waals surface area contributed by atoms with Crippen molar-refractivity contribution < 1.29 is 4.79 Å². The van der Waals surface area contributed by atoms with Crippen molar-refractivity contribution in [3.05, 3.63) is 45.1 Å². The van der Waals surface area contributed by atoms with Crippen LogP contribution >= 0.6 is 24.0 Å². The predicted octanol–water partition coefficient (Wildman–Crippen LogP) is 2.97. The van der Waals surface area contributed by atoms with Crippen molar-refractivity contribution in [2.75, 3.05) is 25.0 Å². The Balaban J connectivity index is 2.01. The van der Waals surface area contributed by atoms with Gasteiger partial charge in [0.15, 0.2) is 0 Å². The summed E-state index contributed by atoms with van der Waals surface area (Å²) in [6.45, 7) is 1.85. The molecular formula is C19H19N3O2S2. The molecule has 0 bridgehead atoms.